The zero-order chi connectivity index (χ0) is 18.0. The van der Waals surface area contributed by atoms with E-state index in [-0.39, 0.29) is 29.4 Å². The molecule has 2 unspecified atom stereocenters. The summed E-state index contributed by atoms with van der Waals surface area (Å²) in [6.45, 7) is 0. The van der Waals surface area contributed by atoms with Crippen LogP contribution < -0.4 is 11.4 Å². The van der Waals surface area contributed by atoms with E-state index in [1.807, 2.05) is 18.2 Å². The molecule has 27 heavy (non-hydrogen) atoms. The molecule has 4 saturated carbocycles. The Kier molecular flexibility index (Phi) is 1.79. The summed E-state index contributed by atoms with van der Waals surface area (Å²) in [6, 6.07) is 8.61. The summed E-state index contributed by atoms with van der Waals surface area (Å²) >= 11 is 0. The third-order valence-corrected chi connectivity index (χ3v) is 8.98. The van der Waals surface area contributed by atoms with Gasteiger partial charge in [0.05, 0.1) is 30.0 Å². The third kappa shape index (κ3) is 0.953. The van der Waals surface area contributed by atoms with Crippen molar-refractivity contribution < 1.29 is 10.2 Å². The zero-order valence-electron chi connectivity index (χ0n) is 14.2. The maximum absolute atomic E-state index is 13.4. The minimum atomic E-state index is -0.664. The highest BCUT2D eigenvalue weighted by molar-refractivity contribution is 5.54. The number of rotatable bonds is 1. The Bertz CT molecular complexity index is 1150. The molecule has 136 valence electrons. The standard InChI is InChI=1S/C20H17N3O4/c24-9-6-7-10(25)20-14-11-12-13(11)16(20)23-18(27)21(8-4-2-1-3-5-8)17(26)22(23)15(12)19(9,14)20/h1-7,9-16,24-25H/t9-,10+,11?,12-,13-,14?,15-,16-,19-,20+/m0/s1. The SMILES string of the molecule is O=c1n(-c2ccccc2)c(=O)n2n1[C@H]1[C@H]3C4C5[C@]16[C@H](O)C=C[C@H](O)[C@@]56[C@@H]2[C@@H]43. The van der Waals surface area contributed by atoms with Crippen molar-refractivity contribution in [2.45, 2.75) is 24.3 Å². The van der Waals surface area contributed by atoms with Crippen LogP contribution in [0.5, 0.6) is 0 Å². The highest BCUT2D eigenvalue weighted by Crippen LogP contribution is 3.04. The van der Waals surface area contributed by atoms with E-state index in [2.05, 4.69) is 0 Å². The molecule has 1 aromatic heterocycles. The first-order valence-corrected chi connectivity index (χ1v) is 9.65. The van der Waals surface area contributed by atoms with Crippen molar-refractivity contribution in [2.75, 3.05) is 0 Å². The van der Waals surface area contributed by atoms with Crippen molar-refractivity contribution in [3.05, 3.63) is 63.5 Å². The van der Waals surface area contributed by atoms with Gasteiger partial charge in [0.15, 0.2) is 0 Å². The molecule has 9 rings (SSSR count). The molecule has 7 heteroatoms. The number of aliphatic hydroxyl groups is 2. The van der Waals surface area contributed by atoms with Gasteiger partial charge < -0.3 is 10.2 Å². The summed E-state index contributed by atoms with van der Waals surface area (Å²) in [5.74, 6) is 1.37. The van der Waals surface area contributed by atoms with E-state index in [1.165, 1.54) is 4.57 Å². The molecule has 10 atom stereocenters. The summed E-state index contributed by atoms with van der Waals surface area (Å²) in [5, 5.41) is 21.9. The van der Waals surface area contributed by atoms with Gasteiger partial charge in [0, 0.05) is 10.8 Å². The van der Waals surface area contributed by atoms with Gasteiger partial charge in [-0.15, -0.1) is 0 Å². The maximum Gasteiger partial charge on any atom is 0.352 e. The molecule has 3 heterocycles. The van der Waals surface area contributed by atoms with Gasteiger partial charge >= 0.3 is 11.4 Å². The molecule has 5 aliphatic carbocycles. The molecule has 2 aromatic rings. The molecular formula is C20H17N3O4. The van der Waals surface area contributed by atoms with Crippen LogP contribution in [0.4, 0.5) is 0 Å². The lowest BCUT2D eigenvalue weighted by Crippen LogP contribution is -2.59. The summed E-state index contributed by atoms with van der Waals surface area (Å²) in [5.41, 5.74) is -1.04. The highest BCUT2D eigenvalue weighted by atomic mass is 16.3. The molecule has 2 N–H and O–H groups in total. The lowest BCUT2D eigenvalue weighted by molar-refractivity contribution is -0.0942. The third-order valence-electron chi connectivity index (χ3n) is 8.98. The summed E-state index contributed by atoms with van der Waals surface area (Å²) < 4.78 is 4.53. The molecule has 7 nitrogen and oxygen atoms in total. The molecule has 2 spiro atoms. The molecule has 4 fully saturated rings. The predicted octanol–water partition coefficient (Wildman–Crippen LogP) is -0.320. The summed E-state index contributed by atoms with van der Waals surface area (Å²) in [4.78, 5) is 26.7. The number of hydrogen-bond acceptors (Lipinski definition) is 4. The molecule has 0 saturated heterocycles. The van der Waals surface area contributed by atoms with Crippen LogP contribution in [0.1, 0.15) is 12.1 Å². The lowest BCUT2D eigenvalue weighted by atomic mass is 9.64. The first kappa shape index (κ1) is 13.7. The fraction of sp³-hybridized carbons (Fsp3) is 0.500. The zero-order valence-corrected chi connectivity index (χ0v) is 14.2. The molecule has 0 amide bonds. The van der Waals surface area contributed by atoms with Gasteiger partial charge in [0.2, 0.25) is 0 Å². The van der Waals surface area contributed by atoms with E-state index >= 15 is 0 Å². The Morgan fingerprint density at radius 2 is 1.30 bits per heavy atom. The number of aromatic nitrogens is 3. The van der Waals surface area contributed by atoms with Gasteiger partial charge in [0.25, 0.3) is 0 Å². The van der Waals surface area contributed by atoms with E-state index in [0.29, 0.717) is 23.4 Å². The van der Waals surface area contributed by atoms with Crippen molar-refractivity contribution in [2.24, 2.45) is 34.5 Å². The van der Waals surface area contributed by atoms with Crippen molar-refractivity contribution in [3.63, 3.8) is 0 Å². The average Bonchev–Trinajstić information content (AvgIpc) is 3.45. The van der Waals surface area contributed by atoms with E-state index in [1.54, 1.807) is 33.6 Å². The predicted molar refractivity (Wildman–Crippen MR) is 92.3 cm³/mol. The van der Waals surface area contributed by atoms with E-state index in [4.69, 9.17) is 0 Å². The van der Waals surface area contributed by atoms with Crippen LogP contribution in [-0.4, -0.2) is 36.4 Å². The van der Waals surface area contributed by atoms with Crippen LogP contribution in [0.2, 0.25) is 0 Å². The Balaban J connectivity index is 1.48. The van der Waals surface area contributed by atoms with Gasteiger partial charge in [-0.1, -0.05) is 30.4 Å². The van der Waals surface area contributed by atoms with Gasteiger partial charge in [-0.2, -0.15) is 0 Å². The smallest absolute Gasteiger partial charge is 0.352 e. The van der Waals surface area contributed by atoms with Crippen molar-refractivity contribution in [1.29, 1.82) is 0 Å². The van der Waals surface area contributed by atoms with Crippen molar-refractivity contribution in [3.8, 4) is 5.69 Å². The largest absolute Gasteiger partial charge is 0.388 e. The Morgan fingerprint density at radius 3 is 1.81 bits per heavy atom. The second-order valence-electron chi connectivity index (χ2n) is 9.17. The second kappa shape index (κ2) is 3.52. The van der Waals surface area contributed by atoms with E-state index in [9.17, 15) is 19.8 Å². The number of para-hydroxylation sites is 1. The molecule has 1 aromatic carbocycles. The molecule has 7 aliphatic rings. The van der Waals surface area contributed by atoms with E-state index in [0.717, 1.165) is 0 Å². The molecule has 2 aliphatic heterocycles. The first-order chi connectivity index (χ1) is 13.1. The number of aliphatic hydroxyl groups excluding tert-OH is 2. The topological polar surface area (TPSA) is 89.4 Å². The molecular weight excluding hydrogens is 346 g/mol. The van der Waals surface area contributed by atoms with Crippen LogP contribution in [0.25, 0.3) is 5.69 Å². The minimum Gasteiger partial charge on any atom is -0.388 e. The van der Waals surface area contributed by atoms with Gasteiger partial charge in [-0.05, 0) is 35.8 Å². The number of hydrogen-bond donors (Lipinski definition) is 2. The fourth-order valence-electron chi connectivity index (χ4n) is 8.69. The highest BCUT2D eigenvalue weighted by Gasteiger charge is 3.06. The first-order valence-electron chi connectivity index (χ1n) is 9.65. The lowest BCUT2D eigenvalue weighted by Gasteiger charge is -2.51. The van der Waals surface area contributed by atoms with Crippen molar-refractivity contribution >= 4 is 0 Å². The van der Waals surface area contributed by atoms with Gasteiger partial charge in [0.1, 0.15) is 0 Å². The molecule has 0 radical (unpaired) electrons. The minimum absolute atomic E-state index is 0.192. The summed E-state index contributed by atoms with van der Waals surface area (Å²) in [7, 11) is 0. The Hall–Kier alpha value is -2.38. The number of nitrogens with zero attached hydrogens (tertiary/aromatic N) is 3. The van der Waals surface area contributed by atoms with Gasteiger partial charge in [-0.25, -0.2) is 23.5 Å². The van der Waals surface area contributed by atoms with E-state index < -0.39 is 23.0 Å². The van der Waals surface area contributed by atoms with Crippen molar-refractivity contribution in [1.82, 2.24) is 13.9 Å². The number of benzene rings is 1. The van der Waals surface area contributed by atoms with Crippen LogP contribution in [0.3, 0.4) is 0 Å². The van der Waals surface area contributed by atoms with Crippen LogP contribution in [0, 0.1) is 34.5 Å². The van der Waals surface area contributed by atoms with Crippen LogP contribution in [-0.2, 0) is 0 Å². The quantitative estimate of drug-likeness (QED) is 0.680. The Morgan fingerprint density at radius 1 is 0.778 bits per heavy atom. The maximum atomic E-state index is 13.4. The normalized spacial score (nSPS) is 53.3. The van der Waals surface area contributed by atoms with Crippen LogP contribution in [0.15, 0.2) is 52.1 Å². The van der Waals surface area contributed by atoms with Gasteiger partial charge in [-0.3, -0.25) is 0 Å². The van der Waals surface area contributed by atoms with Crippen LogP contribution >= 0.6 is 0 Å². The molecule has 2 bridgehead atoms. The Labute approximate surface area is 152 Å². The fourth-order valence-corrected chi connectivity index (χ4v) is 8.69. The second-order valence-corrected chi connectivity index (χ2v) is 9.17. The summed E-state index contributed by atoms with van der Waals surface area (Å²) in [6.07, 6.45) is 2.07. The average molecular weight is 363 g/mol. The monoisotopic (exact) mass is 363 g/mol.